The van der Waals surface area contributed by atoms with Crippen molar-refractivity contribution in [2.45, 2.75) is 39.2 Å². The molecule has 43 heavy (non-hydrogen) atoms. The van der Waals surface area contributed by atoms with E-state index in [1.807, 2.05) is 50.2 Å². The van der Waals surface area contributed by atoms with Gasteiger partial charge in [0.25, 0.3) is 5.91 Å². The molecule has 4 aromatic rings. The number of para-hydroxylation sites is 1. The van der Waals surface area contributed by atoms with Gasteiger partial charge < -0.3 is 20.4 Å². The number of aryl methyl sites for hydroxylation is 3. The van der Waals surface area contributed by atoms with Crippen molar-refractivity contribution in [3.63, 3.8) is 0 Å². The molecule has 0 spiro atoms. The van der Waals surface area contributed by atoms with Crippen LogP contribution in [-0.4, -0.2) is 50.2 Å². The number of rotatable bonds is 11. The summed E-state index contributed by atoms with van der Waals surface area (Å²) in [5, 5.41) is 7.73. The highest BCUT2D eigenvalue weighted by molar-refractivity contribution is 7.90. The second-order valence-corrected chi connectivity index (χ2v) is 13.2. The molecule has 5 rings (SSSR count). The molecule has 0 saturated heterocycles. The Hall–Kier alpha value is -3.73. The van der Waals surface area contributed by atoms with E-state index < -0.39 is 27.7 Å². The molecule has 0 bridgehead atoms. The van der Waals surface area contributed by atoms with E-state index in [1.54, 1.807) is 18.2 Å². The largest absolute Gasteiger partial charge is 0.494 e. The Labute approximate surface area is 260 Å². The second-order valence-electron chi connectivity index (χ2n) is 10.6. The van der Waals surface area contributed by atoms with Gasteiger partial charge in [-0.25, -0.2) is 13.1 Å². The number of ether oxygens (including phenoxy) is 1. The third kappa shape index (κ3) is 7.26. The number of halogens is 2. The molecule has 0 radical (unpaired) electrons. The number of anilines is 1. The van der Waals surface area contributed by atoms with Crippen LogP contribution < -0.4 is 20.1 Å². The number of sulfonamides is 1. The Balaban J connectivity index is 1.20. The first-order valence-corrected chi connectivity index (χ1v) is 16.3. The van der Waals surface area contributed by atoms with Crippen LogP contribution in [0.15, 0.2) is 54.6 Å². The molecule has 3 aromatic carbocycles. The fourth-order valence-corrected chi connectivity index (χ4v) is 6.38. The number of aromatic nitrogens is 1. The van der Waals surface area contributed by atoms with Crippen molar-refractivity contribution in [2.24, 2.45) is 0 Å². The molecule has 1 aromatic heterocycles. The zero-order chi connectivity index (χ0) is 30.7. The molecule has 2 amide bonds. The van der Waals surface area contributed by atoms with Crippen molar-refractivity contribution in [2.75, 3.05) is 24.2 Å². The van der Waals surface area contributed by atoms with Crippen LogP contribution in [0.5, 0.6) is 5.75 Å². The van der Waals surface area contributed by atoms with E-state index in [2.05, 4.69) is 20.3 Å². The lowest BCUT2D eigenvalue weighted by molar-refractivity contribution is -0.121. The number of H-pyrrole nitrogens is 1. The molecule has 9 nitrogen and oxygen atoms in total. The van der Waals surface area contributed by atoms with Gasteiger partial charge in [-0.1, -0.05) is 47.5 Å². The Morgan fingerprint density at radius 1 is 1.05 bits per heavy atom. The van der Waals surface area contributed by atoms with Gasteiger partial charge in [-0.2, -0.15) is 0 Å². The summed E-state index contributed by atoms with van der Waals surface area (Å²) in [6, 6.07) is 16.1. The first-order chi connectivity index (χ1) is 20.5. The SMILES string of the molecule is Cc1cc(OCCCc2c(C(=O)NS(=O)(=O)CCNC(=O)[C@@H]3Cc4ccccc4N3)[nH]c3cc(Cl)ccc23)cc(C)c1Cl. The van der Waals surface area contributed by atoms with Gasteiger partial charge in [0.1, 0.15) is 17.5 Å². The first kappa shape index (κ1) is 30.7. The van der Waals surface area contributed by atoms with Crippen LogP contribution in [0.25, 0.3) is 10.9 Å². The van der Waals surface area contributed by atoms with E-state index in [1.165, 1.54) is 0 Å². The van der Waals surface area contributed by atoms with E-state index in [0.29, 0.717) is 52.7 Å². The predicted octanol–water partition coefficient (Wildman–Crippen LogP) is 5.32. The first-order valence-electron chi connectivity index (χ1n) is 13.9. The summed E-state index contributed by atoms with van der Waals surface area (Å²) in [6.07, 6.45) is 1.53. The summed E-state index contributed by atoms with van der Waals surface area (Å²) >= 11 is 12.4. The maximum absolute atomic E-state index is 13.2. The molecule has 1 aliphatic heterocycles. The van der Waals surface area contributed by atoms with Crippen molar-refractivity contribution in [1.29, 1.82) is 0 Å². The minimum atomic E-state index is -4.05. The molecule has 4 N–H and O–H groups in total. The van der Waals surface area contributed by atoms with Crippen LogP contribution in [-0.2, 0) is 27.7 Å². The van der Waals surface area contributed by atoms with E-state index in [0.717, 1.165) is 27.8 Å². The second kappa shape index (κ2) is 12.9. The lowest BCUT2D eigenvalue weighted by atomic mass is 10.1. The molecule has 0 aliphatic carbocycles. The summed E-state index contributed by atoms with van der Waals surface area (Å²) in [7, 11) is -4.05. The number of nitrogens with one attached hydrogen (secondary N) is 4. The highest BCUT2D eigenvalue weighted by atomic mass is 35.5. The normalized spacial score (nSPS) is 14.3. The van der Waals surface area contributed by atoms with E-state index in [-0.39, 0.29) is 18.1 Å². The van der Waals surface area contributed by atoms with Crippen LogP contribution in [0.3, 0.4) is 0 Å². The maximum Gasteiger partial charge on any atom is 0.281 e. The Morgan fingerprint density at radius 2 is 1.79 bits per heavy atom. The molecule has 0 fully saturated rings. The Kier molecular flexibility index (Phi) is 9.19. The maximum atomic E-state index is 13.2. The molecular formula is C31H32Cl2N4O5S. The van der Waals surface area contributed by atoms with Gasteiger partial charge in [0, 0.05) is 39.6 Å². The van der Waals surface area contributed by atoms with Gasteiger partial charge in [-0.3, -0.25) is 9.59 Å². The van der Waals surface area contributed by atoms with Gasteiger partial charge in [0.05, 0.1) is 12.4 Å². The lowest BCUT2D eigenvalue weighted by Crippen LogP contribution is -2.42. The highest BCUT2D eigenvalue weighted by Gasteiger charge is 2.27. The van der Waals surface area contributed by atoms with Crippen LogP contribution in [0, 0.1) is 13.8 Å². The number of hydrogen-bond donors (Lipinski definition) is 4. The summed E-state index contributed by atoms with van der Waals surface area (Å²) in [4.78, 5) is 28.9. The van der Waals surface area contributed by atoms with Crippen molar-refractivity contribution in [3.05, 3.63) is 92.6 Å². The molecule has 1 aliphatic rings. The zero-order valence-electron chi connectivity index (χ0n) is 23.7. The third-order valence-corrected chi connectivity index (χ3v) is 9.42. The summed E-state index contributed by atoms with van der Waals surface area (Å²) in [5.74, 6) is -0.848. The molecule has 12 heteroatoms. The third-order valence-electron chi connectivity index (χ3n) is 7.35. The molecule has 226 valence electrons. The number of fused-ring (bicyclic) bond motifs is 2. The molecular weight excluding hydrogens is 611 g/mol. The summed E-state index contributed by atoms with van der Waals surface area (Å²) in [6.45, 7) is 4.06. The lowest BCUT2D eigenvalue weighted by Gasteiger charge is -2.13. The van der Waals surface area contributed by atoms with Crippen molar-refractivity contribution in [1.82, 2.24) is 15.0 Å². The predicted molar refractivity (Wildman–Crippen MR) is 170 cm³/mol. The fraction of sp³-hybridized carbons (Fsp3) is 0.290. The smallest absolute Gasteiger partial charge is 0.281 e. The minimum absolute atomic E-state index is 0.135. The van der Waals surface area contributed by atoms with E-state index >= 15 is 0 Å². The average Bonchev–Trinajstić information content (AvgIpc) is 3.55. The van der Waals surface area contributed by atoms with Crippen LogP contribution in [0.4, 0.5) is 5.69 Å². The number of carbonyl (C=O) groups excluding carboxylic acids is 2. The molecule has 0 saturated carbocycles. The van der Waals surface area contributed by atoms with Crippen LogP contribution >= 0.6 is 23.2 Å². The quantitative estimate of drug-likeness (QED) is 0.164. The fourth-order valence-electron chi connectivity index (χ4n) is 5.24. The van der Waals surface area contributed by atoms with Crippen molar-refractivity contribution >= 4 is 61.6 Å². The highest BCUT2D eigenvalue weighted by Crippen LogP contribution is 2.29. The van der Waals surface area contributed by atoms with Crippen LogP contribution in [0.1, 0.15) is 39.2 Å². The number of aromatic amines is 1. The number of amides is 2. The van der Waals surface area contributed by atoms with Gasteiger partial charge in [-0.15, -0.1) is 0 Å². The zero-order valence-corrected chi connectivity index (χ0v) is 26.0. The number of hydrogen-bond acceptors (Lipinski definition) is 6. The topological polar surface area (TPSA) is 129 Å². The van der Waals surface area contributed by atoms with Crippen molar-refractivity contribution in [3.8, 4) is 5.75 Å². The minimum Gasteiger partial charge on any atom is -0.494 e. The average molecular weight is 644 g/mol. The van der Waals surface area contributed by atoms with Crippen LogP contribution in [0.2, 0.25) is 10.0 Å². The van der Waals surface area contributed by atoms with E-state index in [4.69, 9.17) is 27.9 Å². The summed E-state index contributed by atoms with van der Waals surface area (Å²) in [5.41, 5.74) is 5.17. The Morgan fingerprint density at radius 3 is 2.53 bits per heavy atom. The molecule has 0 unspecified atom stereocenters. The van der Waals surface area contributed by atoms with Gasteiger partial charge in [0.15, 0.2) is 0 Å². The van der Waals surface area contributed by atoms with Gasteiger partial charge in [0.2, 0.25) is 15.9 Å². The standard InChI is InChI=1S/C31H32Cl2N4O5S/c1-18-14-22(15-19(2)28(18)33)42-12-5-7-24-23-10-9-21(32)17-26(23)36-29(24)31(39)37-43(40,41)13-11-34-30(38)27-16-20-6-3-4-8-25(20)35-27/h3-4,6,8-10,14-15,17,27,35-36H,5,7,11-13,16H2,1-2H3,(H,34,38)(H,37,39)/t27-/m0/s1. The van der Waals surface area contributed by atoms with E-state index in [9.17, 15) is 18.0 Å². The summed E-state index contributed by atoms with van der Waals surface area (Å²) < 4.78 is 33.7. The molecule has 2 heterocycles. The Bertz CT molecular complexity index is 1760. The molecule has 1 atom stereocenters. The monoisotopic (exact) mass is 642 g/mol. The van der Waals surface area contributed by atoms with Gasteiger partial charge >= 0.3 is 0 Å². The van der Waals surface area contributed by atoms with Crippen molar-refractivity contribution < 1.29 is 22.7 Å². The number of benzene rings is 3. The number of carbonyl (C=O) groups is 2. The van der Waals surface area contributed by atoms with Gasteiger partial charge in [-0.05, 0) is 79.3 Å².